The van der Waals surface area contributed by atoms with Gasteiger partial charge in [-0.05, 0) is 37.9 Å². The van der Waals surface area contributed by atoms with Crippen LogP contribution >= 0.6 is 0 Å². The SMILES string of the molecule is CC1(COc2cccc3c2CNC3)CCCN1. The Labute approximate surface area is 103 Å². The molecule has 2 N–H and O–H groups in total. The van der Waals surface area contributed by atoms with Crippen LogP contribution in [0.25, 0.3) is 0 Å². The lowest BCUT2D eigenvalue weighted by atomic mass is 10.0. The highest BCUT2D eigenvalue weighted by molar-refractivity contribution is 5.42. The van der Waals surface area contributed by atoms with E-state index in [2.05, 4.69) is 35.8 Å². The molecule has 2 aliphatic rings. The van der Waals surface area contributed by atoms with Gasteiger partial charge in [0.2, 0.25) is 0 Å². The quantitative estimate of drug-likeness (QED) is 0.834. The molecule has 0 spiro atoms. The van der Waals surface area contributed by atoms with Gasteiger partial charge in [0.05, 0.1) is 0 Å². The van der Waals surface area contributed by atoms with Crippen molar-refractivity contribution < 1.29 is 4.74 Å². The maximum Gasteiger partial charge on any atom is 0.124 e. The van der Waals surface area contributed by atoms with E-state index in [4.69, 9.17) is 4.74 Å². The summed E-state index contributed by atoms with van der Waals surface area (Å²) in [4.78, 5) is 0. The molecule has 0 bridgehead atoms. The van der Waals surface area contributed by atoms with Crippen molar-refractivity contribution in [2.45, 2.75) is 38.4 Å². The van der Waals surface area contributed by atoms with Crippen LogP contribution in [0.15, 0.2) is 18.2 Å². The average Bonchev–Trinajstić information content (AvgIpc) is 2.95. The highest BCUT2D eigenvalue weighted by atomic mass is 16.5. The first-order valence-electron chi connectivity index (χ1n) is 6.46. The van der Waals surface area contributed by atoms with E-state index in [0.717, 1.165) is 32.0 Å². The summed E-state index contributed by atoms with van der Waals surface area (Å²) >= 11 is 0. The minimum atomic E-state index is 0.161. The number of rotatable bonds is 3. The second kappa shape index (κ2) is 4.31. The standard InChI is InChI=1S/C14H20N2O/c1-14(6-3-7-16-14)10-17-13-5-2-4-11-8-15-9-12(11)13/h2,4-5,15-16H,3,6-10H2,1H3. The number of ether oxygens (including phenoxy) is 1. The van der Waals surface area contributed by atoms with Crippen LogP contribution in [0.1, 0.15) is 30.9 Å². The van der Waals surface area contributed by atoms with Crippen LogP contribution in [0, 0.1) is 0 Å². The van der Waals surface area contributed by atoms with Gasteiger partial charge in [-0.15, -0.1) is 0 Å². The van der Waals surface area contributed by atoms with Gasteiger partial charge in [0.25, 0.3) is 0 Å². The second-order valence-corrected chi connectivity index (χ2v) is 5.38. The molecule has 1 aromatic rings. The summed E-state index contributed by atoms with van der Waals surface area (Å²) in [5.74, 6) is 1.06. The highest BCUT2D eigenvalue weighted by Crippen LogP contribution is 2.28. The third-order valence-electron chi connectivity index (χ3n) is 3.85. The lowest BCUT2D eigenvalue weighted by Crippen LogP contribution is -2.42. The molecule has 0 radical (unpaired) electrons. The smallest absolute Gasteiger partial charge is 0.124 e. The van der Waals surface area contributed by atoms with E-state index in [0.29, 0.717) is 0 Å². The van der Waals surface area contributed by atoms with Gasteiger partial charge in [0.1, 0.15) is 12.4 Å². The summed E-state index contributed by atoms with van der Waals surface area (Å²) in [7, 11) is 0. The van der Waals surface area contributed by atoms with E-state index < -0.39 is 0 Å². The predicted octanol–water partition coefficient (Wildman–Crippen LogP) is 1.81. The molecule has 0 saturated carbocycles. The summed E-state index contributed by atoms with van der Waals surface area (Å²) in [5, 5.41) is 6.90. The molecule has 0 amide bonds. The van der Waals surface area contributed by atoms with E-state index in [1.165, 1.54) is 24.0 Å². The lowest BCUT2D eigenvalue weighted by Gasteiger charge is -2.25. The Morgan fingerprint density at radius 1 is 1.35 bits per heavy atom. The minimum absolute atomic E-state index is 0.161. The van der Waals surface area contributed by atoms with Gasteiger partial charge in [-0.2, -0.15) is 0 Å². The molecular weight excluding hydrogens is 212 g/mol. The average molecular weight is 232 g/mol. The minimum Gasteiger partial charge on any atom is -0.491 e. The predicted molar refractivity (Wildman–Crippen MR) is 68.1 cm³/mol. The molecular formula is C14H20N2O. The van der Waals surface area contributed by atoms with E-state index in [-0.39, 0.29) is 5.54 Å². The molecule has 2 aliphatic heterocycles. The Morgan fingerprint density at radius 2 is 2.29 bits per heavy atom. The molecule has 0 aliphatic carbocycles. The Bertz CT molecular complexity index is 411. The van der Waals surface area contributed by atoms with Crippen molar-refractivity contribution in [2.75, 3.05) is 13.2 Å². The Morgan fingerprint density at radius 3 is 3.12 bits per heavy atom. The van der Waals surface area contributed by atoms with Crippen LogP contribution in [0.3, 0.4) is 0 Å². The second-order valence-electron chi connectivity index (χ2n) is 5.38. The summed E-state index contributed by atoms with van der Waals surface area (Å²) in [6.07, 6.45) is 2.47. The molecule has 0 aromatic heterocycles. The van der Waals surface area contributed by atoms with E-state index in [9.17, 15) is 0 Å². The lowest BCUT2D eigenvalue weighted by molar-refractivity contribution is 0.211. The van der Waals surface area contributed by atoms with Crippen LogP contribution < -0.4 is 15.4 Å². The molecule has 17 heavy (non-hydrogen) atoms. The van der Waals surface area contributed by atoms with Crippen molar-refractivity contribution in [1.82, 2.24) is 10.6 Å². The largest absolute Gasteiger partial charge is 0.491 e. The Hall–Kier alpha value is -1.06. The van der Waals surface area contributed by atoms with Gasteiger partial charge in [0.15, 0.2) is 0 Å². The molecule has 2 heterocycles. The number of nitrogens with one attached hydrogen (secondary N) is 2. The molecule has 1 fully saturated rings. The zero-order valence-corrected chi connectivity index (χ0v) is 10.4. The van der Waals surface area contributed by atoms with E-state index in [1.807, 2.05) is 0 Å². The van der Waals surface area contributed by atoms with Crippen LogP contribution in [-0.4, -0.2) is 18.7 Å². The van der Waals surface area contributed by atoms with Gasteiger partial charge < -0.3 is 15.4 Å². The summed E-state index contributed by atoms with van der Waals surface area (Å²) < 4.78 is 6.03. The van der Waals surface area contributed by atoms with Gasteiger partial charge in [-0.25, -0.2) is 0 Å². The summed E-state index contributed by atoms with van der Waals surface area (Å²) in [5.41, 5.74) is 2.88. The molecule has 1 saturated heterocycles. The number of fused-ring (bicyclic) bond motifs is 1. The first-order valence-corrected chi connectivity index (χ1v) is 6.46. The first kappa shape index (κ1) is 11.1. The maximum atomic E-state index is 6.03. The first-order chi connectivity index (χ1) is 8.27. The van der Waals surface area contributed by atoms with Crippen LogP contribution in [-0.2, 0) is 13.1 Å². The number of hydrogen-bond acceptors (Lipinski definition) is 3. The number of hydrogen-bond donors (Lipinski definition) is 2. The van der Waals surface area contributed by atoms with Crippen molar-refractivity contribution in [3.63, 3.8) is 0 Å². The molecule has 1 aromatic carbocycles. The monoisotopic (exact) mass is 232 g/mol. The van der Waals surface area contributed by atoms with E-state index >= 15 is 0 Å². The van der Waals surface area contributed by atoms with Crippen LogP contribution in [0.5, 0.6) is 5.75 Å². The molecule has 3 heteroatoms. The third kappa shape index (κ3) is 2.17. The third-order valence-corrected chi connectivity index (χ3v) is 3.85. The maximum absolute atomic E-state index is 6.03. The molecule has 3 nitrogen and oxygen atoms in total. The molecule has 1 unspecified atom stereocenters. The van der Waals surface area contributed by atoms with Crippen LogP contribution in [0.4, 0.5) is 0 Å². The van der Waals surface area contributed by atoms with Gasteiger partial charge in [-0.1, -0.05) is 12.1 Å². The zero-order chi connectivity index (χ0) is 11.7. The molecule has 92 valence electrons. The Kier molecular flexibility index (Phi) is 2.81. The summed E-state index contributed by atoms with van der Waals surface area (Å²) in [6, 6.07) is 6.35. The Balaban J connectivity index is 1.71. The van der Waals surface area contributed by atoms with Crippen LogP contribution in [0.2, 0.25) is 0 Å². The zero-order valence-electron chi connectivity index (χ0n) is 10.4. The van der Waals surface area contributed by atoms with Gasteiger partial charge >= 0.3 is 0 Å². The fraction of sp³-hybridized carbons (Fsp3) is 0.571. The fourth-order valence-electron chi connectivity index (χ4n) is 2.75. The van der Waals surface area contributed by atoms with Gasteiger partial charge in [0, 0.05) is 24.2 Å². The van der Waals surface area contributed by atoms with Gasteiger partial charge in [-0.3, -0.25) is 0 Å². The van der Waals surface area contributed by atoms with Crippen molar-refractivity contribution in [2.24, 2.45) is 0 Å². The number of benzene rings is 1. The van der Waals surface area contributed by atoms with E-state index in [1.54, 1.807) is 0 Å². The van der Waals surface area contributed by atoms with Crippen molar-refractivity contribution in [3.05, 3.63) is 29.3 Å². The van der Waals surface area contributed by atoms with Crippen molar-refractivity contribution in [3.8, 4) is 5.75 Å². The topological polar surface area (TPSA) is 33.3 Å². The molecule has 1 atom stereocenters. The fourth-order valence-corrected chi connectivity index (χ4v) is 2.75. The normalized spacial score (nSPS) is 27.1. The van der Waals surface area contributed by atoms with Crippen molar-refractivity contribution >= 4 is 0 Å². The van der Waals surface area contributed by atoms with Crippen molar-refractivity contribution in [1.29, 1.82) is 0 Å². The summed E-state index contributed by atoms with van der Waals surface area (Å²) in [6.45, 7) is 6.05. The highest BCUT2D eigenvalue weighted by Gasteiger charge is 2.29. The molecule has 3 rings (SSSR count).